The van der Waals surface area contributed by atoms with Crippen LogP contribution in [-0.4, -0.2) is 15.8 Å². The molecule has 112 valence electrons. The molecule has 0 radical (unpaired) electrons. The van der Waals surface area contributed by atoms with Gasteiger partial charge >= 0.3 is 5.69 Å². The van der Waals surface area contributed by atoms with Crippen LogP contribution in [0.25, 0.3) is 0 Å². The second-order valence-electron chi connectivity index (χ2n) is 4.18. The van der Waals surface area contributed by atoms with E-state index in [1.54, 1.807) is 0 Å². The van der Waals surface area contributed by atoms with Crippen molar-refractivity contribution in [1.29, 1.82) is 0 Å². The molecular weight excluding hydrogens is 297 g/mol. The summed E-state index contributed by atoms with van der Waals surface area (Å²) in [7, 11) is 0. The van der Waals surface area contributed by atoms with E-state index in [1.165, 1.54) is 18.2 Å². The standard InChI is InChI=1S/C13H8FN3O5/c14-11-5-4-8(6-12(11)17(21)22)13(18)15-9-2-1-3-10(7-9)16(19)20/h1-7H,(H,15,18). The lowest BCUT2D eigenvalue weighted by Crippen LogP contribution is -2.12. The summed E-state index contributed by atoms with van der Waals surface area (Å²) in [6.45, 7) is 0. The first kappa shape index (κ1) is 15.0. The molecule has 8 nitrogen and oxygen atoms in total. The number of halogens is 1. The summed E-state index contributed by atoms with van der Waals surface area (Å²) >= 11 is 0. The number of nitro benzene ring substituents is 2. The fraction of sp³-hybridized carbons (Fsp3) is 0. The number of amides is 1. The zero-order valence-corrected chi connectivity index (χ0v) is 10.9. The summed E-state index contributed by atoms with van der Waals surface area (Å²) in [5, 5.41) is 23.6. The summed E-state index contributed by atoms with van der Waals surface area (Å²) in [6, 6.07) is 7.86. The highest BCUT2D eigenvalue weighted by Gasteiger charge is 2.18. The average Bonchev–Trinajstić information content (AvgIpc) is 2.47. The van der Waals surface area contributed by atoms with Gasteiger partial charge in [-0.05, 0) is 18.2 Å². The molecule has 0 aliphatic carbocycles. The maximum atomic E-state index is 13.2. The summed E-state index contributed by atoms with van der Waals surface area (Å²) < 4.78 is 13.2. The van der Waals surface area contributed by atoms with Crippen LogP contribution in [0.15, 0.2) is 42.5 Å². The van der Waals surface area contributed by atoms with Gasteiger partial charge in [-0.2, -0.15) is 4.39 Å². The van der Waals surface area contributed by atoms with E-state index in [4.69, 9.17) is 0 Å². The summed E-state index contributed by atoms with van der Waals surface area (Å²) in [4.78, 5) is 31.7. The number of benzene rings is 2. The highest BCUT2D eigenvalue weighted by molar-refractivity contribution is 6.04. The van der Waals surface area contributed by atoms with E-state index in [9.17, 15) is 29.4 Å². The van der Waals surface area contributed by atoms with Crippen LogP contribution >= 0.6 is 0 Å². The molecule has 0 spiro atoms. The number of hydrogen-bond donors (Lipinski definition) is 1. The molecule has 1 amide bonds. The van der Waals surface area contributed by atoms with Gasteiger partial charge in [0.2, 0.25) is 5.82 Å². The van der Waals surface area contributed by atoms with E-state index in [1.807, 2.05) is 0 Å². The van der Waals surface area contributed by atoms with E-state index in [-0.39, 0.29) is 16.9 Å². The summed E-state index contributed by atoms with van der Waals surface area (Å²) in [6.07, 6.45) is 0. The van der Waals surface area contributed by atoms with Crippen molar-refractivity contribution >= 4 is 23.0 Å². The molecule has 1 N–H and O–H groups in total. The first-order chi connectivity index (χ1) is 10.4. The van der Waals surface area contributed by atoms with Gasteiger partial charge in [0, 0.05) is 29.4 Å². The maximum absolute atomic E-state index is 13.2. The van der Waals surface area contributed by atoms with Gasteiger partial charge in [0.15, 0.2) is 0 Å². The highest BCUT2D eigenvalue weighted by atomic mass is 19.1. The number of nitro groups is 2. The quantitative estimate of drug-likeness (QED) is 0.688. The topological polar surface area (TPSA) is 115 Å². The third-order valence-corrected chi connectivity index (χ3v) is 2.72. The second kappa shape index (κ2) is 5.95. The molecule has 2 aromatic rings. The number of carbonyl (C=O) groups is 1. The molecule has 0 fully saturated rings. The first-order valence-corrected chi connectivity index (χ1v) is 5.88. The second-order valence-corrected chi connectivity index (χ2v) is 4.18. The van der Waals surface area contributed by atoms with Crippen LogP contribution < -0.4 is 5.32 Å². The Bertz CT molecular complexity index is 778. The van der Waals surface area contributed by atoms with Crippen LogP contribution in [0.4, 0.5) is 21.5 Å². The van der Waals surface area contributed by atoms with Gasteiger partial charge in [-0.15, -0.1) is 0 Å². The van der Waals surface area contributed by atoms with Crippen molar-refractivity contribution in [3.8, 4) is 0 Å². The number of anilines is 1. The number of rotatable bonds is 4. The smallest absolute Gasteiger partial charge is 0.305 e. The number of hydrogen-bond acceptors (Lipinski definition) is 5. The Hall–Kier alpha value is -3.36. The number of non-ortho nitro benzene ring substituents is 1. The van der Waals surface area contributed by atoms with Gasteiger partial charge in [-0.25, -0.2) is 0 Å². The molecule has 2 rings (SSSR count). The summed E-state index contributed by atoms with van der Waals surface area (Å²) in [5.41, 5.74) is -1.04. The van der Waals surface area contributed by atoms with Gasteiger partial charge in [-0.3, -0.25) is 25.0 Å². The minimum atomic E-state index is -1.06. The van der Waals surface area contributed by atoms with E-state index in [2.05, 4.69) is 5.32 Å². The van der Waals surface area contributed by atoms with Gasteiger partial charge in [0.25, 0.3) is 11.6 Å². The first-order valence-electron chi connectivity index (χ1n) is 5.88. The number of nitrogens with zero attached hydrogens (tertiary/aromatic N) is 2. The monoisotopic (exact) mass is 305 g/mol. The summed E-state index contributed by atoms with van der Waals surface area (Å²) in [5.74, 6) is -1.81. The Morgan fingerprint density at radius 2 is 1.77 bits per heavy atom. The van der Waals surface area contributed by atoms with Crippen LogP contribution in [0.1, 0.15) is 10.4 Å². The SMILES string of the molecule is O=C(Nc1cccc([N+](=O)[O-])c1)c1ccc(F)c([N+](=O)[O-])c1. The van der Waals surface area contributed by atoms with E-state index < -0.39 is 27.3 Å². The molecule has 0 saturated heterocycles. The lowest BCUT2D eigenvalue weighted by atomic mass is 10.1. The molecule has 0 bridgehead atoms. The Labute approximate surface area is 122 Å². The van der Waals surface area contributed by atoms with Gasteiger partial charge in [0.05, 0.1) is 9.85 Å². The molecule has 0 heterocycles. The molecule has 0 aliphatic heterocycles. The van der Waals surface area contributed by atoms with Crippen LogP contribution in [-0.2, 0) is 0 Å². The van der Waals surface area contributed by atoms with E-state index >= 15 is 0 Å². The Morgan fingerprint density at radius 3 is 2.41 bits per heavy atom. The van der Waals surface area contributed by atoms with Crippen molar-refractivity contribution < 1.29 is 19.0 Å². The van der Waals surface area contributed by atoms with Crippen molar-refractivity contribution in [3.05, 3.63) is 74.1 Å². The van der Waals surface area contributed by atoms with E-state index in [0.29, 0.717) is 0 Å². The molecule has 0 aliphatic rings. The third kappa shape index (κ3) is 3.20. The maximum Gasteiger partial charge on any atom is 0.305 e. The molecule has 9 heteroatoms. The molecular formula is C13H8FN3O5. The Kier molecular flexibility index (Phi) is 4.07. The van der Waals surface area contributed by atoms with Gasteiger partial charge in [-0.1, -0.05) is 6.07 Å². The van der Waals surface area contributed by atoms with Gasteiger partial charge < -0.3 is 5.32 Å². The molecule has 0 atom stereocenters. The minimum Gasteiger partial charge on any atom is -0.322 e. The lowest BCUT2D eigenvalue weighted by Gasteiger charge is -2.05. The minimum absolute atomic E-state index is 0.139. The fourth-order valence-corrected chi connectivity index (χ4v) is 1.69. The Morgan fingerprint density at radius 1 is 1.05 bits per heavy atom. The van der Waals surface area contributed by atoms with Crippen molar-refractivity contribution in [2.75, 3.05) is 5.32 Å². The zero-order valence-electron chi connectivity index (χ0n) is 10.9. The molecule has 0 aromatic heterocycles. The third-order valence-electron chi connectivity index (χ3n) is 2.72. The largest absolute Gasteiger partial charge is 0.322 e. The van der Waals surface area contributed by atoms with Crippen molar-refractivity contribution in [3.63, 3.8) is 0 Å². The number of carbonyl (C=O) groups excluding carboxylic acids is 1. The van der Waals surface area contributed by atoms with Crippen LogP contribution in [0.5, 0.6) is 0 Å². The lowest BCUT2D eigenvalue weighted by molar-refractivity contribution is -0.387. The zero-order chi connectivity index (χ0) is 16.3. The predicted molar refractivity (Wildman–Crippen MR) is 74.1 cm³/mol. The van der Waals surface area contributed by atoms with Crippen LogP contribution in [0.3, 0.4) is 0 Å². The normalized spacial score (nSPS) is 10.0. The molecule has 0 saturated carbocycles. The van der Waals surface area contributed by atoms with Gasteiger partial charge in [0.1, 0.15) is 0 Å². The molecule has 22 heavy (non-hydrogen) atoms. The fourth-order valence-electron chi connectivity index (χ4n) is 1.69. The molecule has 2 aromatic carbocycles. The predicted octanol–water partition coefficient (Wildman–Crippen LogP) is 2.89. The highest BCUT2D eigenvalue weighted by Crippen LogP contribution is 2.21. The average molecular weight is 305 g/mol. The van der Waals surface area contributed by atoms with Crippen molar-refractivity contribution in [2.45, 2.75) is 0 Å². The van der Waals surface area contributed by atoms with Crippen molar-refractivity contribution in [1.82, 2.24) is 0 Å². The van der Waals surface area contributed by atoms with E-state index in [0.717, 1.165) is 24.3 Å². The molecule has 0 unspecified atom stereocenters. The van der Waals surface area contributed by atoms with Crippen LogP contribution in [0.2, 0.25) is 0 Å². The Balaban J connectivity index is 2.26. The van der Waals surface area contributed by atoms with Crippen LogP contribution in [0, 0.1) is 26.0 Å². The van der Waals surface area contributed by atoms with Crippen molar-refractivity contribution in [2.24, 2.45) is 0 Å². The number of nitrogens with one attached hydrogen (secondary N) is 1.